The van der Waals surface area contributed by atoms with Gasteiger partial charge in [-0.1, -0.05) is 12.1 Å². The Balaban J connectivity index is 2.76. The lowest BCUT2D eigenvalue weighted by Gasteiger charge is -1.89. The van der Waals surface area contributed by atoms with Crippen LogP contribution in [0, 0.1) is 5.21 Å². The van der Waals surface area contributed by atoms with Crippen LogP contribution in [-0.2, 0) is 9.84 Å². The van der Waals surface area contributed by atoms with E-state index in [0.29, 0.717) is 4.68 Å². The largest absolute Gasteiger partial charge is 0.691 e. The first kappa shape index (κ1) is 10.6. The summed E-state index contributed by atoms with van der Waals surface area (Å²) in [6.45, 7) is 0. The smallest absolute Gasteiger partial charge is 0.451 e. The normalized spacial score (nSPS) is 11.8. The van der Waals surface area contributed by atoms with Crippen molar-refractivity contribution < 1.29 is 18.1 Å². The summed E-state index contributed by atoms with van der Waals surface area (Å²) in [4.78, 5) is 11.7. The summed E-state index contributed by atoms with van der Waals surface area (Å²) in [7, 11) is -3.92. The monoisotopic (exact) mass is 241 g/mol. The molecule has 1 aromatic carbocycles. The van der Waals surface area contributed by atoms with Gasteiger partial charge in [-0.25, -0.2) is 13.2 Å². The van der Waals surface area contributed by atoms with Crippen molar-refractivity contribution in [2.24, 2.45) is 0 Å². The molecule has 84 valence electrons. The lowest BCUT2D eigenvalue weighted by molar-refractivity contribution is -0.645. The van der Waals surface area contributed by atoms with E-state index in [0.717, 1.165) is 6.26 Å². The molecule has 0 atom stereocenters. The molecule has 1 aromatic heterocycles. The van der Waals surface area contributed by atoms with Crippen molar-refractivity contribution in [3.63, 3.8) is 0 Å². The van der Waals surface area contributed by atoms with E-state index in [-0.39, 0.29) is 15.9 Å². The zero-order valence-electron chi connectivity index (χ0n) is 8.19. The first-order valence-electron chi connectivity index (χ1n) is 4.23. The second kappa shape index (κ2) is 3.27. The summed E-state index contributed by atoms with van der Waals surface area (Å²) < 4.78 is 22.7. The molecule has 0 aliphatic heterocycles. The van der Waals surface area contributed by atoms with E-state index in [9.17, 15) is 18.4 Å². The highest BCUT2D eigenvalue weighted by molar-refractivity contribution is 8.05. The molecule has 1 heterocycles. The van der Waals surface area contributed by atoms with Gasteiger partial charge in [-0.15, -0.1) is 4.85 Å². The van der Waals surface area contributed by atoms with E-state index in [1.54, 1.807) is 12.1 Å². The van der Waals surface area contributed by atoms with Crippen molar-refractivity contribution in [2.45, 2.75) is 0 Å². The van der Waals surface area contributed by atoms with Crippen molar-refractivity contribution in [1.82, 2.24) is 9.90 Å². The molecule has 0 aliphatic rings. The van der Waals surface area contributed by atoms with Gasteiger partial charge in [-0.05, 0) is 16.8 Å². The van der Waals surface area contributed by atoms with Gasteiger partial charge in [-0.2, -0.15) is 0 Å². The molecule has 2 rings (SSSR count). The minimum absolute atomic E-state index is 0.138. The third kappa shape index (κ3) is 1.52. The van der Waals surface area contributed by atoms with Crippen LogP contribution in [0.25, 0.3) is 11.0 Å². The predicted octanol–water partition coefficient (Wildman–Crippen LogP) is -0.318. The van der Waals surface area contributed by atoms with E-state index in [4.69, 9.17) is 0 Å². The maximum Gasteiger partial charge on any atom is 0.451 e. The molecule has 0 amide bonds. The van der Waals surface area contributed by atoms with E-state index in [1.807, 2.05) is 0 Å². The first-order chi connectivity index (χ1) is 7.41. The fourth-order valence-electron chi connectivity index (χ4n) is 1.27. The molecule has 0 unspecified atom stereocenters. The third-order valence-electron chi connectivity index (χ3n) is 1.98. The minimum Gasteiger partial charge on any atom is -0.691 e. The van der Waals surface area contributed by atoms with Gasteiger partial charge in [0, 0.05) is 0 Å². The van der Waals surface area contributed by atoms with Gasteiger partial charge < -0.3 is 5.21 Å². The van der Waals surface area contributed by atoms with Crippen LogP contribution in [0.1, 0.15) is 0 Å². The van der Waals surface area contributed by atoms with Crippen LogP contribution in [0.5, 0.6) is 0 Å². The molecule has 8 heteroatoms. The van der Waals surface area contributed by atoms with Crippen molar-refractivity contribution in [1.29, 1.82) is 0 Å². The Morgan fingerprint density at radius 2 is 2.06 bits per heavy atom. The average Bonchev–Trinajstić information content (AvgIpc) is 2.55. The molecule has 2 aromatic rings. The van der Waals surface area contributed by atoms with E-state index in [1.165, 1.54) is 12.1 Å². The van der Waals surface area contributed by atoms with Gasteiger partial charge in [0.15, 0.2) is 0 Å². The van der Waals surface area contributed by atoms with Crippen LogP contribution >= 0.6 is 0 Å². The van der Waals surface area contributed by atoms with Gasteiger partial charge >= 0.3 is 5.24 Å². The Bertz CT molecular complexity index is 674. The molecule has 16 heavy (non-hydrogen) atoms. The number of benzene rings is 1. The van der Waals surface area contributed by atoms with Crippen LogP contribution in [0.3, 0.4) is 0 Å². The number of nitrogens with zero attached hydrogens (tertiary/aromatic N) is 3. The lowest BCUT2D eigenvalue weighted by atomic mass is 10.3. The maximum absolute atomic E-state index is 11.5. The van der Waals surface area contributed by atoms with Crippen LogP contribution in [0.4, 0.5) is 4.79 Å². The van der Waals surface area contributed by atoms with Gasteiger partial charge in [0.25, 0.3) is 9.84 Å². The number of carbonyl (C=O) groups is 1. The van der Waals surface area contributed by atoms with Gasteiger partial charge in [-0.3, -0.25) is 0 Å². The second-order valence-electron chi connectivity index (χ2n) is 3.20. The summed E-state index contributed by atoms with van der Waals surface area (Å²) in [5.74, 6) is 0. The quantitative estimate of drug-likeness (QED) is 0.465. The van der Waals surface area contributed by atoms with Gasteiger partial charge in [0.05, 0.1) is 6.26 Å². The van der Waals surface area contributed by atoms with E-state index < -0.39 is 15.1 Å². The molecule has 0 aliphatic carbocycles. The Morgan fingerprint density at radius 1 is 1.44 bits per heavy atom. The van der Waals surface area contributed by atoms with E-state index in [2.05, 4.69) is 5.21 Å². The highest BCUT2D eigenvalue weighted by atomic mass is 32.2. The zero-order valence-corrected chi connectivity index (χ0v) is 9.01. The van der Waals surface area contributed by atoms with Crippen molar-refractivity contribution in [2.75, 3.05) is 6.26 Å². The molecule has 0 N–H and O–H groups in total. The number of sulfone groups is 1. The number of aromatic nitrogens is 3. The molecule has 0 bridgehead atoms. The van der Waals surface area contributed by atoms with Crippen LogP contribution in [0.15, 0.2) is 24.3 Å². The molecule has 0 spiro atoms. The second-order valence-corrected chi connectivity index (χ2v) is 5.09. The molecule has 0 fully saturated rings. The number of carbonyl (C=O) groups excluding carboxylic acids is 1. The van der Waals surface area contributed by atoms with Crippen molar-refractivity contribution in [3.05, 3.63) is 29.5 Å². The summed E-state index contributed by atoms with van der Waals surface area (Å²) in [5, 5.41) is 13.4. The Morgan fingerprint density at radius 3 is 2.69 bits per heavy atom. The first-order valence-corrected chi connectivity index (χ1v) is 6.12. The Labute approximate surface area is 90.4 Å². The molecule has 0 saturated carbocycles. The summed E-state index contributed by atoms with van der Waals surface area (Å²) in [6, 6.07) is 6.06. The minimum atomic E-state index is -3.92. The SMILES string of the molecule is CS(=O)(=O)C(=O)n1n[n+]([O-])c2ccccc21. The number of hydrogen-bond donors (Lipinski definition) is 0. The zero-order chi connectivity index (χ0) is 11.9. The van der Waals surface area contributed by atoms with E-state index >= 15 is 0 Å². The number of fused-ring (bicyclic) bond motifs is 1. The molecule has 0 saturated heterocycles. The summed E-state index contributed by atoms with van der Waals surface area (Å²) in [5.41, 5.74) is 0.299. The Hall–Kier alpha value is -1.96. The third-order valence-corrected chi connectivity index (χ3v) is 2.78. The number of para-hydroxylation sites is 2. The molecule has 7 nitrogen and oxygen atoms in total. The van der Waals surface area contributed by atoms with Crippen molar-refractivity contribution in [3.8, 4) is 0 Å². The fourth-order valence-corrected chi connectivity index (χ4v) is 1.72. The predicted molar refractivity (Wildman–Crippen MR) is 54.3 cm³/mol. The maximum atomic E-state index is 11.5. The van der Waals surface area contributed by atoms with Crippen LogP contribution in [-0.4, -0.2) is 29.8 Å². The summed E-state index contributed by atoms with van der Waals surface area (Å²) in [6.07, 6.45) is 0.765. The molecular weight excluding hydrogens is 234 g/mol. The fraction of sp³-hybridized carbons (Fsp3) is 0.125. The molecular formula is C8H7N3O4S. The lowest BCUT2D eigenvalue weighted by Crippen LogP contribution is -2.32. The summed E-state index contributed by atoms with van der Waals surface area (Å²) >= 11 is 0. The standard InChI is InChI=1S/C8H7N3O4S/c1-16(14,15)8(12)10-6-4-2-3-5-7(6)11(13)9-10/h2-5H,1H3. The van der Waals surface area contributed by atoms with Gasteiger partial charge in [0.2, 0.25) is 11.0 Å². The average molecular weight is 241 g/mol. The topological polar surface area (TPSA) is 96.0 Å². The number of rotatable bonds is 0. The molecule has 0 radical (unpaired) electrons. The van der Waals surface area contributed by atoms with Crippen molar-refractivity contribution >= 4 is 26.1 Å². The van der Waals surface area contributed by atoms with Gasteiger partial charge in [0.1, 0.15) is 5.21 Å². The Kier molecular flexibility index (Phi) is 2.16. The number of hydrogen-bond acceptors (Lipinski definition) is 5. The van der Waals surface area contributed by atoms with Crippen LogP contribution in [0.2, 0.25) is 0 Å². The highest BCUT2D eigenvalue weighted by Crippen LogP contribution is 2.09. The van der Waals surface area contributed by atoms with Crippen LogP contribution < -0.4 is 4.85 Å². The highest BCUT2D eigenvalue weighted by Gasteiger charge is 2.29.